The first-order valence-electron chi connectivity index (χ1n) is 5.95. The van der Waals surface area contributed by atoms with Gasteiger partial charge in [-0.1, -0.05) is 19.0 Å². The van der Waals surface area contributed by atoms with E-state index >= 15 is 0 Å². The predicted molar refractivity (Wildman–Crippen MR) is 64.4 cm³/mol. The van der Waals surface area contributed by atoms with Crippen molar-refractivity contribution in [1.29, 1.82) is 0 Å². The fraction of sp³-hybridized carbons (Fsp3) is 0.500. The monoisotopic (exact) mass is 234 g/mol. The van der Waals surface area contributed by atoms with Crippen molar-refractivity contribution < 1.29 is 4.52 Å². The Morgan fingerprint density at radius 1 is 1.47 bits per heavy atom. The van der Waals surface area contributed by atoms with Crippen molar-refractivity contribution in [3.8, 4) is 0 Å². The third-order valence-corrected chi connectivity index (χ3v) is 2.78. The van der Waals surface area contributed by atoms with Crippen LogP contribution < -0.4 is 5.73 Å². The van der Waals surface area contributed by atoms with E-state index in [1.165, 1.54) is 0 Å². The average molecular weight is 234 g/mol. The Morgan fingerprint density at radius 2 is 2.29 bits per heavy atom. The fourth-order valence-corrected chi connectivity index (χ4v) is 1.67. The van der Waals surface area contributed by atoms with E-state index in [-0.39, 0.29) is 6.04 Å². The van der Waals surface area contributed by atoms with Gasteiger partial charge in [-0.05, 0) is 18.1 Å². The molecule has 1 unspecified atom stereocenters. The minimum atomic E-state index is 0.104. The summed E-state index contributed by atoms with van der Waals surface area (Å²) in [6, 6.07) is 2.14. The van der Waals surface area contributed by atoms with Crippen molar-refractivity contribution in [2.75, 3.05) is 0 Å². The Kier molecular flexibility index (Phi) is 3.58. The maximum Gasteiger partial charge on any atom is 0.226 e. The molecule has 5 nitrogen and oxygen atoms in total. The molecule has 1 atom stereocenters. The second kappa shape index (κ2) is 5.14. The van der Waals surface area contributed by atoms with Gasteiger partial charge in [0.1, 0.15) is 0 Å². The molecule has 0 radical (unpaired) electrons. The lowest BCUT2D eigenvalue weighted by atomic mass is 10.1. The highest BCUT2D eigenvalue weighted by Gasteiger charge is 2.08. The lowest BCUT2D eigenvalue weighted by Crippen LogP contribution is -2.07. The first kappa shape index (κ1) is 11.9. The van der Waals surface area contributed by atoms with Crippen LogP contribution in [-0.2, 0) is 13.0 Å². The van der Waals surface area contributed by atoms with Gasteiger partial charge in [0.05, 0.1) is 6.54 Å². The summed E-state index contributed by atoms with van der Waals surface area (Å²) in [5.74, 6) is 1.38. The Labute approximate surface area is 101 Å². The van der Waals surface area contributed by atoms with Crippen molar-refractivity contribution in [3.05, 3.63) is 35.7 Å². The van der Waals surface area contributed by atoms with Crippen LogP contribution in [0.4, 0.5) is 0 Å². The standard InChI is InChI=1S/C12H18N4O/c1-3-10(13)9-5-6-16(7-9)8-11-14-12(4-2)17-15-11/h5-7,10H,3-4,8,13H2,1-2H3. The SMILES string of the molecule is CCc1nc(Cn2ccc(C(N)CC)c2)no1. The molecule has 2 heterocycles. The zero-order valence-electron chi connectivity index (χ0n) is 10.3. The smallest absolute Gasteiger partial charge is 0.226 e. The van der Waals surface area contributed by atoms with Crippen LogP contribution in [0.25, 0.3) is 0 Å². The van der Waals surface area contributed by atoms with E-state index in [2.05, 4.69) is 17.1 Å². The van der Waals surface area contributed by atoms with Gasteiger partial charge >= 0.3 is 0 Å². The van der Waals surface area contributed by atoms with Gasteiger partial charge in [0.25, 0.3) is 0 Å². The molecule has 0 aromatic carbocycles. The first-order chi connectivity index (χ1) is 8.22. The molecule has 2 aromatic rings. The van der Waals surface area contributed by atoms with Gasteiger partial charge in [0.2, 0.25) is 5.89 Å². The molecule has 5 heteroatoms. The van der Waals surface area contributed by atoms with Gasteiger partial charge < -0.3 is 14.8 Å². The molecule has 2 rings (SSSR count). The maximum atomic E-state index is 5.96. The summed E-state index contributed by atoms with van der Waals surface area (Å²) in [5, 5.41) is 3.92. The van der Waals surface area contributed by atoms with Crippen LogP contribution in [0.5, 0.6) is 0 Å². The van der Waals surface area contributed by atoms with Crippen LogP contribution >= 0.6 is 0 Å². The Morgan fingerprint density at radius 3 is 2.94 bits per heavy atom. The number of aromatic nitrogens is 3. The second-order valence-electron chi connectivity index (χ2n) is 4.09. The molecule has 0 amide bonds. The molecule has 0 aliphatic heterocycles. The molecular weight excluding hydrogens is 216 g/mol. The summed E-state index contributed by atoms with van der Waals surface area (Å²) in [4.78, 5) is 4.27. The van der Waals surface area contributed by atoms with Gasteiger partial charge in [-0.3, -0.25) is 0 Å². The van der Waals surface area contributed by atoms with E-state index in [9.17, 15) is 0 Å². The van der Waals surface area contributed by atoms with Crippen molar-refractivity contribution in [1.82, 2.24) is 14.7 Å². The number of nitrogens with zero attached hydrogens (tertiary/aromatic N) is 3. The van der Waals surface area contributed by atoms with Crippen LogP contribution in [0.3, 0.4) is 0 Å². The molecular formula is C12H18N4O. The van der Waals surface area contributed by atoms with Crippen molar-refractivity contribution in [2.45, 2.75) is 39.3 Å². The molecule has 0 aliphatic carbocycles. The zero-order chi connectivity index (χ0) is 12.3. The normalized spacial score (nSPS) is 12.9. The van der Waals surface area contributed by atoms with E-state index in [0.29, 0.717) is 18.3 Å². The number of hydrogen-bond donors (Lipinski definition) is 1. The number of nitrogens with two attached hydrogens (primary N) is 1. The van der Waals surface area contributed by atoms with E-state index in [0.717, 1.165) is 18.4 Å². The van der Waals surface area contributed by atoms with E-state index in [4.69, 9.17) is 10.3 Å². The number of rotatable bonds is 5. The van der Waals surface area contributed by atoms with Crippen LogP contribution in [0.15, 0.2) is 23.0 Å². The molecule has 2 aromatic heterocycles. The van der Waals surface area contributed by atoms with Crippen LogP contribution in [0.2, 0.25) is 0 Å². The van der Waals surface area contributed by atoms with E-state index in [1.807, 2.05) is 30.0 Å². The molecule has 17 heavy (non-hydrogen) atoms. The molecule has 0 bridgehead atoms. The Hall–Kier alpha value is -1.62. The number of aryl methyl sites for hydroxylation is 1. The third kappa shape index (κ3) is 2.74. The van der Waals surface area contributed by atoms with Gasteiger partial charge in [0, 0.05) is 24.9 Å². The Bertz CT molecular complexity index is 474. The summed E-state index contributed by atoms with van der Waals surface area (Å²) >= 11 is 0. The van der Waals surface area contributed by atoms with Crippen LogP contribution in [-0.4, -0.2) is 14.7 Å². The minimum absolute atomic E-state index is 0.104. The van der Waals surface area contributed by atoms with Gasteiger partial charge in [-0.15, -0.1) is 0 Å². The van der Waals surface area contributed by atoms with Gasteiger partial charge in [-0.2, -0.15) is 4.98 Å². The highest BCUT2D eigenvalue weighted by molar-refractivity contribution is 5.15. The quantitative estimate of drug-likeness (QED) is 0.857. The maximum absolute atomic E-state index is 5.96. The molecule has 0 saturated carbocycles. The molecule has 92 valence electrons. The van der Waals surface area contributed by atoms with E-state index < -0.39 is 0 Å². The Balaban J connectivity index is 2.06. The van der Waals surface area contributed by atoms with Gasteiger partial charge in [0.15, 0.2) is 5.82 Å². The molecule has 2 N–H and O–H groups in total. The molecule has 0 fully saturated rings. The summed E-state index contributed by atoms with van der Waals surface area (Å²) < 4.78 is 7.09. The summed E-state index contributed by atoms with van der Waals surface area (Å²) in [5.41, 5.74) is 7.11. The fourth-order valence-electron chi connectivity index (χ4n) is 1.67. The average Bonchev–Trinajstić information content (AvgIpc) is 2.97. The predicted octanol–water partition coefficient (Wildman–Crippen LogP) is 1.89. The minimum Gasteiger partial charge on any atom is -0.346 e. The van der Waals surface area contributed by atoms with Crippen molar-refractivity contribution >= 4 is 0 Å². The highest BCUT2D eigenvalue weighted by atomic mass is 16.5. The lowest BCUT2D eigenvalue weighted by molar-refractivity contribution is 0.375. The second-order valence-corrected chi connectivity index (χ2v) is 4.09. The first-order valence-corrected chi connectivity index (χ1v) is 5.95. The molecule has 0 aliphatic rings. The van der Waals surface area contributed by atoms with Gasteiger partial charge in [-0.25, -0.2) is 0 Å². The van der Waals surface area contributed by atoms with Crippen molar-refractivity contribution in [3.63, 3.8) is 0 Å². The summed E-state index contributed by atoms with van der Waals surface area (Å²) in [7, 11) is 0. The lowest BCUT2D eigenvalue weighted by Gasteiger charge is -2.04. The third-order valence-electron chi connectivity index (χ3n) is 2.78. The van der Waals surface area contributed by atoms with Crippen molar-refractivity contribution in [2.24, 2.45) is 5.73 Å². The zero-order valence-corrected chi connectivity index (χ0v) is 10.3. The summed E-state index contributed by atoms with van der Waals surface area (Å²) in [6.07, 6.45) is 5.74. The topological polar surface area (TPSA) is 69.9 Å². The van der Waals surface area contributed by atoms with Crippen LogP contribution in [0, 0.1) is 0 Å². The van der Waals surface area contributed by atoms with E-state index in [1.54, 1.807) is 0 Å². The largest absolute Gasteiger partial charge is 0.346 e. The molecule has 0 saturated heterocycles. The summed E-state index contributed by atoms with van der Waals surface area (Å²) in [6.45, 7) is 4.69. The highest BCUT2D eigenvalue weighted by Crippen LogP contribution is 2.14. The number of hydrogen-bond acceptors (Lipinski definition) is 4. The van der Waals surface area contributed by atoms with Crippen LogP contribution in [0.1, 0.15) is 43.6 Å². The molecule has 0 spiro atoms.